The number of hydrogen-bond acceptors (Lipinski definition) is 7. The van der Waals surface area contributed by atoms with Gasteiger partial charge in [-0.1, -0.05) is 0 Å². The summed E-state index contributed by atoms with van der Waals surface area (Å²) in [6.45, 7) is 14.3. The number of aliphatic hydroxyl groups is 2. The van der Waals surface area contributed by atoms with Crippen molar-refractivity contribution in [2.24, 2.45) is 5.41 Å². The van der Waals surface area contributed by atoms with Crippen LogP contribution in [0.1, 0.15) is 136 Å². The Balaban J connectivity index is 6.16. The Labute approximate surface area is 302 Å². The zero-order chi connectivity index (χ0) is 42.3. The molecule has 0 aliphatic carbocycles. The van der Waals surface area contributed by atoms with Crippen molar-refractivity contribution >= 4 is 0 Å². The molecule has 17 heteroatoms. The molecule has 0 unspecified atom stereocenters. The Hall–Kier alpha value is -0.980. The van der Waals surface area contributed by atoms with Crippen molar-refractivity contribution in [2.75, 3.05) is 13.2 Å². The normalized spacial score (nSPS) is 16.2. The van der Waals surface area contributed by atoms with Gasteiger partial charge < -0.3 is 33.9 Å². The summed E-state index contributed by atoms with van der Waals surface area (Å²) in [4.78, 5) is 0. The highest BCUT2D eigenvalue weighted by Gasteiger charge is 2.73. The van der Waals surface area contributed by atoms with Gasteiger partial charge in [0.25, 0.3) is 5.92 Å². The molecular formula is C35H62F10O7. The van der Waals surface area contributed by atoms with Crippen molar-refractivity contribution < 1.29 is 77.8 Å². The summed E-state index contributed by atoms with van der Waals surface area (Å²) in [7, 11) is 0. The quantitative estimate of drug-likeness (QED) is 0.0998. The molecule has 7 nitrogen and oxygen atoms in total. The molecule has 0 heterocycles. The fraction of sp³-hybridized carbons (Fsp3) is 1.00. The Morgan fingerprint density at radius 2 is 0.769 bits per heavy atom. The van der Waals surface area contributed by atoms with Crippen LogP contribution in [0.15, 0.2) is 0 Å². The van der Waals surface area contributed by atoms with Gasteiger partial charge >= 0.3 is 24.2 Å². The number of hydrogen-bond donors (Lipinski definition) is 2. The van der Waals surface area contributed by atoms with Crippen LogP contribution in [0.5, 0.6) is 0 Å². The maximum absolute atomic E-state index is 15.9. The van der Waals surface area contributed by atoms with Gasteiger partial charge in [0.05, 0.1) is 53.1 Å². The van der Waals surface area contributed by atoms with Crippen LogP contribution in [0, 0.1) is 5.41 Å². The predicted octanol–water partition coefficient (Wildman–Crippen LogP) is 10.1. The second-order valence-corrected chi connectivity index (χ2v) is 18.1. The molecule has 0 bridgehead atoms. The predicted molar refractivity (Wildman–Crippen MR) is 175 cm³/mol. The van der Waals surface area contributed by atoms with E-state index in [0.29, 0.717) is 41.5 Å². The van der Waals surface area contributed by atoms with Gasteiger partial charge in [0.1, 0.15) is 11.2 Å². The molecule has 52 heavy (non-hydrogen) atoms. The minimum atomic E-state index is -5.76. The first-order valence-electron chi connectivity index (χ1n) is 16.9. The van der Waals surface area contributed by atoms with Crippen LogP contribution in [0.4, 0.5) is 43.9 Å². The molecule has 0 aliphatic heterocycles. The first-order valence-corrected chi connectivity index (χ1v) is 16.9. The van der Waals surface area contributed by atoms with Crippen molar-refractivity contribution in [3.63, 3.8) is 0 Å². The van der Waals surface area contributed by atoms with Gasteiger partial charge in [0.15, 0.2) is 0 Å². The van der Waals surface area contributed by atoms with Gasteiger partial charge in [-0.15, -0.1) is 0 Å². The molecule has 0 fully saturated rings. The van der Waals surface area contributed by atoms with E-state index in [9.17, 15) is 19.0 Å². The maximum atomic E-state index is 15.9. The highest BCUT2D eigenvalue weighted by atomic mass is 19.3. The standard InChI is InChI=1S/C35H62F10O7/c1-23(2,46)17-19-48-25(5,6)21-31(36,37)29(13,14)52-34(42,43)27(9,10)28(11,12)51-35(44,45)33(40,41)30(15,16)50-32(38,39)22-26(7,8)49-20-18-24(3,4)47/h46-47H,17-22H2,1-16H3. The fourth-order valence-electron chi connectivity index (χ4n) is 4.71. The van der Waals surface area contributed by atoms with E-state index in [0.717, 1.165) is 13.8 Å². The molecule has 0 radical (unpaired) electrons. The highest BCUT2D eigenvalue weighted by molar-refractivity contribution is 5.02. The Kier molecular flexibility index (Phi) is 15.2. The molecule has 0 saturated carbocycles. The highest BCUT2D eigenvalue weighted by Crippen LogP contribution is 2.56. The lowest BCUT2D eigenvalue weighted by Gasteiger charge is -2.50. The molecule has 0 aromatic carbocycles. The molecular weight excluding hydrogens is 722 g/mol. The second-order valence-electron chi connectivity index (χ2n) is 18.1. The lowest BCUT2D eigenvalue weighted by molar-refractivity contribution is -0.458. The third-order valence-corrected chi connectivity index (χ3v) is 9.10. The lowest BCUT2D eigenvalue weighted by Crippen LogP contribution is -2.65. The monoisotopic (exact) mass is 784 g/mol. The summed E-state index contributed by atoms with van der Waals surface area (Å²) in [6, 6.07) is 0. The fourth-order valence-corrected chi connectivity index (χ4v) is 4.71. The van der Waals surface area contributed by atoms with Crippen LogP contribution >= 0.6 is 0 Å². The Morgan fingerprint density at radius 3 is 1.13 bits per heavy atom. The van der Waals surface area contributed by atoms with E-state index in [4.69, 9.17) is 9.47 Å². The van der Waals surface area contributed by atoms with Crippen LogP contribution in [0.25, 0.3) is 0 Å². The molecule has 0 amide bonds. The summed E-state index contributed by atoms with van der Waals surface area (Å²) >= 11 is 0. The lowest BCUT2D eigenvalue weighted by atomic mass is 9.75. The van der Waals surface area contributed by atoms with Crippen LogP contribution in [0.3, 0.4) is 0 Å². The molecule has 0 rings (SSSR count). The minimum Gasteiger partial charge on any atom is -0.390 e. The molecule has 2 N–H and O–H groups in total. The van der Waals surface area contributed by atoms with Crippen LogP contribution in [-0.4, -0.2) is 92.8 Å². The summed E-state index contributed by atoms with van der Waals surface area (Å²) in [5, 5.41) is 19.6. The van der Waals surface area contributed by atoms with E-state index in [1.807, 2.05) is 0 Å². The minimum absolute atomic E-state index is 0.0180. The number of alkyl halides is 10. The van der Waals surface area contributed by atoms with E-state index in [-0.39, 0.29) is 39.9 Å². The summed E-state index contributed by atoms with van der Waals surface area (Å²) in [5.74, 6) is -9.67. The van der Waals surface area contributed by atoms with Crippen LogP contribution in [0.2, 0.25) is 0 Å². The zero-order valence-electron chi connectivity index (χ0n) is 33.5. The Morgan fingerprint density at radius 1 is 0.423 bits per heavy atom. The van der Waals surface area contributed by atoms with E-state index >= 15 is 35.1 Å². The second kappa shape index (κ2) is 15.5. The molecule has 0 aliphatic rings. The molecule has 0 atom stereocenters. The summed E-state index contributed by atoms with van der Waals surface area (Å²) < 4.78 is 179. The molecule has 0 saturated heterocycles. The third-order valence-electron chi connectivity index (χ3n) is 9.10. The van der Waals surface area contributed by atoms with E-state index < -0.39 is 87.6 Å². The van der Waals surface area contributed by atoms with Gasteiger partial charge in [0, 0.05) is 6.42 Å². The average molecular weight is 785 g/mol. The number of halogens is 10. The van der Waals surface area contributed by atoms with Crippen molar-refractivity contribution in [1.29, 1.82) is 0 Å². The van der Waals surface area contributed by atoms with E-state index in [2.05, 4.69) is 14.2 Å². The largest absolute Gasteiger partial charge is 0.422 e. The molecule has 314 valence electrons. The van der Waals surface area contributed by atoms with Crippen molar-refractivity contribution in [1.82, 2.24) is 0 Å². The topological polar surface area (TPSA) is 86.6 Å². The van der Waals surface area contributed by atoms with Gasteiger partial charge in [-0.05, 0) is 124 Å². The SMILES string of the molecule is CC(C)(O)CCOC(C)(C)CC(F)(F)OC(C)(C)C(F)(F)C(F)(F)OC(C)(C)C(C)(C)C(F)(F)OC(C)(C)C(F)(F)CC(C)(C)OCCC(C)(C)O. The molecule has 0 aromatic heterocycles. The van der Waals surface area contributed by atoms with Gasteiger partial charge in [0.2, 0.25) is 0 Å². The third kappa shape index (κ3) is 13.9. The van der Waals surface area contributed by atoms with Crippen molar-refractivity contribution in [3.05, 3.63) is 0 Å². The van der Waals surface area contributed by atoms with E-state index in [1.165, 1.54) is 41.5 Å². The van der Waals surface area contributed by atoms with Crippen molar-refractivity contribution in [2.45, 2.75) is 206 Å². The summed E-state index contributed by atoms with van der Waals surface area (Å²) in [6.07, 6.45) is -17.5. The maximum Gasteiger partial charge on any atom is 0.422 e. The molecule has 0 aromatic rings. The summed E-state index contributed by atoms with van der Waals surface area (Å²) in [5.41, 5.74) is -18.6. The zero-order valence-corrected chi connectivity index (χ0v) is 33.5. The molecule has 0 spiro atoms. The number of rotatable bonds is 23. The number of ether oxygens (including phenoxy) is 5. The van der Waals surface area contributed by atoms with Gasteiger partial charge in [-0.3, -0.25) is 0 Å². The van der Waals surface area contributed by atoms with E-state index in [1.54, 1.807) is 0 Å². The van der Waals surface area contributed by atoms with Crippen LogP contribution < -0.4 is 0 Å². The van der Waals surface area contributed by atoms with Crippen LogP contribution in [-0.2, 0) is 23.7 Å². The van der Waals surface area contributed by atoms with Crippen molar-refractivity contribution in [3.8, 4) is 0 Å². The van der Waals surface area contributed by atoms with Gasteiger partial charge in [-0.2, -0.15) is 35.1 Å². The first-order chi connectivity index (χ1) is 22.2. The average Bonchev–Trinajstić information content (AvgIpc) is 2.77. The first kappa shape index (κ1) is 51.0. The smallest absolute Gasteiger partial charge is 0.390 e. The van der Waals surface area contributed by atoms with Gasteiger partial charge in [-0.25, -0.2) is 8.78 Å². The Bertz CT molecular complexity index is 1150.